The van der Waals surface area contributed by atoms with Crippen molar-refractivity contribution in [2.24, 2.45) is 5.92 Å². The van der Waals surface area contributed by atoms with Crippen LogP contribution in [0.15, 0.2) is 24.3 Å². The normalized spacial score (nSPS) is 12.0. The Morgan fingerprint density at radius 1 is 1.32 bits per heavy atom. The third-order valence-electron chi connectivity index (χ3n) is 2.43. The molecule has 1 aromatic carbocycles. The fourth-order valence-corrected chi connectivity index (χ4v) is 1.77. The van der Waals surface area contributed by atoms with Crippen LogP contribution in [-0.4, -0.2) is 29.6 Å². The minimum Gasteiger partial charge on any atom is -0.484 e. The van der Waals surface area contributed by atoms with E-state index < -0.39 is 17.9 Å². The number of carboxylic acid groups (broad SMARTS) is 1. The summed E-state index contributed by atoms with van der Waals surface area (Å²) in [5.74, 6) is -1.09. The minimum atomic E-state index is -1.04. The van der Waals surface area contributed by atoms with E-state index in [4.69, 9.17) is 9.84 Å². The zero-order valence-electron chi connectivity index (χ0n) is 10.7. The van der Waals surface area contributed by atoms with Crippen LogP contribution in [0.4, 0.5) is 0 Å². The maximum Gasteiger partial charge on any atom is 0.326 e. The number of carboxylic acids is 1. The summed E-state index contributed by atoms with van der Waals surface area (Å²) in [6, 6.07) is 6.34. The van der Waals surface area contributed by atoms with Crippen molar-refractivity contribution < 1.29 is 19.4 Å². The number of carbonyl (C=O) groups is 2. The summed E-state index contributed by atoms with van der Waals surface area (Å²) in [4.78, 5) is 22.5. The maximum atomic E-state index is 11.6. The Balaban J connectivity index is 2.47. The fraction of sp³-hybridized carbons (Fsp3) is 0.385. The van der Waals surface area contributed by atoms with Gasteiger partial charge in [0.05, 0.1) is 0 Å². The molecule has 1 rings (SSSR count). The number of hydrogen-bond donors (Lipinski definition) is 2. The zero-order valence-corrected chi connectivity index (χ0v) is 12.9. The highest BCUT2D eigenvalue weighted by Crippen LogP contribution is 2.13. The van der Waals surface area contributed by atoms with E-state index in [1.165, 1.54) is 0 Å². The quantitative estimate of drug-likeness (QED) is 0.743. The van der Waals surface area contributed by atoms with E-state index in [1.54, 1.807) is 26.0 Å². The number of aliphatic carboxylic acids is 1. The molecule has 0 bridgehead atoms. The standard InChI is InChI=1S/C13H16INO4/c1-8(2)12(13(17)18)15-11(16)7-19-10-5-3-9(14)4-6-10/h3-6,8,12H,7H2,1-2H3,(H,15,16)(H,17,18)/t12-/m1/s1. The van der Waals surface area contributed by atoms with E-state index in [0.717, 1.165) is 3.57 Å². The van der Waals surface area contributed by atoms with Crippen molar-refractivity contribution in [2.45, 2.75) is 19.9 Å². The summed E-state index contributed by atoms with van der Waals surface area (Å²) in [6.07, 6.45) is 0. The van der Waals surface area contributed by atoms with Crippen molar-refractivity contribution in [2.75, 3.05) is 6.61 Å². The lowest BCUT2D eigenvalue weighted by atomic mass is 10.1. The molecule has 0 saturated carbocycles. The Morgan fingerprint density at radius 2 is 1.89 bits per heavy atom. The Bertz CT molecular complexity index is 444. The molecule has 6 heteroatoms. The topological polar surface area (TPSA) is 75.6 Å². The van der Waals surface area contributed by atoms with Crippen LogP contribution in [0, 0.1) is 9.49 Å². The highest BCUT2D eigenvalue weighted by molar-refractivity contribution is 14.1. The Labute approximate surface area is 125 Å². The monoisotopic (exact) mass is 377 g/mol. The van der Waals surface area contributed by atoms with Gasteiger partial charge in [0.2, 0.25) is 0 Å². The first-order chi connectivity index (χ1) is 8.90. The highest BCUT2D eigenvalue weighted by atomic mass is 127. The molecule has 0 unspecified atom stereocenters. The summed E-state index contributed by atoms with van der Waals surface area (Å²) in [5, 5.41) is 11.4. The molecule has 0 aliphatic carbocycles. The van der Waals surface area contributed by atoms with Crippen LogP contribution in [0.1, 0.15) is 13.8 Å². The van der Waals surface area contributed by atoms with Crippen molar-refractivity contribution in [1.82, 2.24) is 5.32 Å². The number of benzene rings is 1. The van der Waals surface area contributed by atoms with Gasteiger partial charge in [-0.15, -0.1) is 0 Å². The molecule has 0 aliphatic heterocycles. The molecular weight excluding hydrogens is 361 g/mol. The molecule has 104 valence electrons. The second kappa shape index (κ2) is 7.32. The van der Waals surface area contributed by atoms with Gasteiger partial charge < -0.3 is 15.2 Å². The first kappa shape index (κ1) is 15.7. The van der Waals surface area contributed by atoms with E-state index in [1.807, 2.05) is 12.1 Å². The summed E-state index contributed by atoms with van der Waals surface area (Å²) in [7, 11) is 0. The van der Waals surface area contributed by atoms with Crippen molar-refractivity contribution in [3.63, 3.8) is 0 Å². The SMILES string of the molecule is CC(C)[C@@H](NC(=O)COc1ccc(I)cc1)C(=O)O. The molecule has 19 heavy (non-hydrogen) atoms. The lowest BCUT2D eigenvalue weighted by Gasteiger charge is -2.17. The lowest BCUT2D eigenvalue weighted by molar-refractivity contribution is -0.143. The lowest BCUT2D eigenvalue weighted by Crippen LogP contribution is -2.46. The molecule has 5 nitrogen and oxygen atoms in total. The van der Waals surface area contributed by atoms with Crippen LogP contribution in [0.25, 0.3) is 0 Å². The van der Waals surface area contributed by atoms with Crippen LogP contribution in [0.3, 0.4) is 0 Å². The van der Waals surface area contributed by atoms with Gasteiger partial charge in [-0.3, -0.25) is 4.79 Å². The molecule has 0 aromatic heterocycles. The second-order valence-electron chi connectivity index (χ2n) is 4.37. The minimum absolute atomic E-state index is 0.181. The van der Waals surface area contributed by atoms with Gasteiger partial charge in [0, 0.05) is 3.57 Å². The molecule has 0 aliphatic rings. The Hall–Kier alpha value is -1.31. The molecule has 1 amide bonds. The van der Waals surface area contributed by atoms with Gasteiger partial charge in [-0.2, -0.15) is 0 Å². The van der Waals surface area contributed by atoms with Gasteiger partial charge in [-0.25, -0.2) is 4.79 Å². The van der Waals surface area contributed by atoms with E-state index >= 15 is 0 Å². The smallest absolute Gasteiger partial charge is 0.326 e. The van der Waals surface area contributed by atoms with Crippen molar-refractivity contribution in [1.29, 1.82) is 0 Å². The highest BCUT2D eigenvalue weighted by Gasteiger charge is 2.23. The molecule has 0 radical (unpaired) electrons. The van der Waals surface area contributed by atoms with Crippen molar-refractivity contribution in [3.8, 4) is 5.75 Å². The number of rotatable bonds is 6. The summed E-state index contributed by atoms with van der Waals surface area (Å²) < 4.78 is 6.34. The molecule has 1 atom stereocenters. The van der Waals surface area contributed by atoms with Crippen LogP contribution in [0.2, 0.25) is 0 Å². The predicted octanol–water partition coefficient (Wildman–Crippen LogP) is 1.90. The van der Waals surface area contributed by atoms with Gasteiger partial charge >= 0.3 is 5.97 Å². The van der Waals surface area contributed by atoms with Gasteiger partial charge in [-0.1, -0.05) is 13.8 Å². The zero-order chi connectivity index (χ0) is 14.4. The number of nitrogens with one attached hydrogen (secondary N) is 1. The Kier molecular flexibility index (Phi) is 6.07. The largest absolute Gasteiger partial charge is 0.484 e. The van der Waals surface area contributed by atoms with Crippen LogP contribution < -0.4 is 10.1 Å². The molecule has 0 saturated heterocycles. The van der Waals surface area contributed by atoms with Crippen molar-refractivity contribution in [3.05, 3.63) is 27.8 Å². The molecule has 2 N–H and O–H groups in total. The summed E-state index contributed by atoms with van der Waals surface area (Å²) in [5.41, 5.74) is 0. The van der Waals surface area contributed by atoms with E-state index in [2.05, 4.69) is 27.9 Å². The average molecular weight is 377 g/mol. The third kappa shape index (κ3) is 5.46. The first-order valence-corrected chi connectivity index (χ1v) is 6.88. The number of amides is 1. The molecule has 0 spiro atoms. The van der Waals surface area contributed by atoms with Crippen LogP contribution in [-0.2, 0) is 9.59 Å². The average Bonchev–Trinajstić information content (AvgIpc) is 2.34. The molecule has 0 fully saturated rings. The first-order valence-electron chi connectivity index (χ1n) is 5.80. The van der Waals surface area contributed by atoms with Crippen molar-refractivity contribution >= 4 is 34.5 Å². The van der Waals surface area contributed by atoms with Crippen LogP contribution in [0.5, 0.6) is 5.75 Å². The molecule has 1 aromatic rings. The fourth-order valence-electron chi connectivity index (χ4n) is 1.41. The van der Waals surface area contributed by atoms with Gasteiger partial charge in [0.15, 0.2) is 6.61 Å². The summed E-state index contributed by atoms with van der Waals surface area (Å²) in [6.45, 7) is 3.27. The molecule has 0 heterocycles. The van der Waals surface area contributed by atoms with E-state index in [-0.39, 0.29) is 12.5 Å². The predicted molar refractivity (Wildman–Crippen MR) is 79.1 cm³/mol. The molecular formula is C13H16INO4. The number of halogens is 1. The number of carbonyl (C=O) groups excluding carboxylic acids is 1. The number of hydrogen-bond acceptors (Lipinski definition) is 3. The second-order valence-corrected chi connectivity index (χ2v) is 5.62. The van der Waals surface area contributed by atoms with Crippen LogP contribution >= 0.6 is 22.6 Å². The van der Waals surface area contributed by atoms with Gasteiger partial charge in [0.1, 0.15) is 11.8 Å². The number of ether oxygens (including phenoxy) is 1. The van der Waals surface area contributed by atoms with E-state index in [9.17, 15) is 9.59 Å². The Morgan fingerprint density at radius 3 is 2.37 bits per heavy atom. The summed E-state index contributed by atoms with van der Waals surface area (Å²) >= 11 is 2.17. The third-order valence-corrected chi connectivity index (χ3v) is 3.15. The maximum absolute atomic E-state index is 11.6. The van der Waals surface area contributed by atoms with E-state index in [0.29, 0.717) is 5.75 Å². The van der Waals surface area contributed by atoms with Gasteiger partial charge in [0.25, 0.3) is 5.91 Å². The van der Waals surface area contributed by atoms with Gasteiger partial charge in [-0.05, 0) is 52.8 Å².